The van der Waals surface area contributed by atoms with Gasteiger partial charge in [-0.2, -0.15) is 0 Å². The van der Waals surface area contributed by atoms with Crippen molar-refractivity contribution in [3.63, 3.8) is 0 Å². The Hall–Kier alpha value is -3.32. The molecule has 146 valence electrons. The van der Waals surface area contributed by atoms with Crippen LogP contribution >= 0.6 is 11.8 Å². The number of thioether (sulfide) groups is 1. The minimum absolute atomic E-state index is 0.560. The van der Waals surface area contributed by atoms with Crippen LogP contribution in [-0.2, 0) is 12.3 Å². The molecule has 7 heteroatoms. The number of ether oxygens (including phenoxy) is 1. The largest absolute Gasteiger partial charge is 0.497 e. The standard InChI is InChI=1S/C22H20N4O2S/c1-3-13-26-21(17-9-11-18(27-2)12-10-17)24-25-22(26)29-15-20-23-14-19(28-20)16-7-5-4-6-8-16/h3-12,14H,1,13,15H2,2H3. The predicted octanol–water partition coefficient (Wildman–Crippen LogP) is 5.09. The van der Waals surface area contributed by atoms with E-state index in [9.17, 15) is 0 Å². The summed E-state index contributed by atoms with van der Waals surface area (Å²) in [6.07, 6.45) is 3.58. The molecule has 0 aliphatic carbocycles. The van der Waals surface area contributed by atoms with E-state index in [1.165, 1.54) is 11.8 Å². The fourth-order valence-corrected chi connectivity index (χ4v) is 3.68. The molecule has 2 heterocycles. The average molecular weight is 404 g/mol. The van der Waals surface area contributed by atoms with E-state index in [1.807, 2.05) is 65.2 Å². The van der Waals surface area contributed by atoms with Crippen LogP contribution in [0.1, 0.15) is 5.89 Å². The lowest BCUT2D eigenvalue weighted by Gasteiger charge is -2.07. The van der Waals surface area contributed by atoms with Gasteiger partial charge in [-0.25, -0.2) is 4.98 Å². The van der Waals surface area contributed by atoms with Gasteiger partial charge in [-0.1, -0.05) is 48.2 Å². The first-order valence-electron chi connectivity index (χ1n) is 9.10. The second kappa shape index (κ2) is 8.79. The number of methoxy groups -OCH3 is 1. The van der Waals surface area contributed by atoms with Crippen LogP contribution in [0.15, 0.2) is 83.0 Å². The summed E-state index contributed by atoms with van der Waals surface area (Å²) in [5, 5.41) is 9.53. The zero-order valence-corrected chi connectivity index (χ0v) is 16.8. The molecule has 0 N–H and O–H groups in total. The molecule has 29 heavy (non-hydrogen) atoms. The number of allylic oxidation sites excluding steroid dienone is 1. The molecule has 0 amide bonds. The van der Waals surface area contributed by atoms with E-state index in [-0.39, 0.29) is 0 Å². The van der Waals surface area contributed by atoms with Crippen LogP contribution in [0.2, 0.25) is 0 Å². The van der Waals surface area contributed by atoms with Gasteiger partial charge in [0.1, 0.15) is 5.75 Å². The van der Waals surface area contributed by atoms with Crippen LogP contribution in [0, 0.1) is 0 Å². The molecule has 0 atom stereocenters. The normalized spacial score (nSPS) is 10.8. The highest BCUT2D eigenvalue weighted by Crippen LogP contribution is 2.28. The lowest BCUT2D eigenvalue weighted by molar-refractivity contribution is 0.415. The van der Waals surface area contributed by atoms with Crippen LogP contribution in [0.25, 0.3) is 22.7 Å². The average Bonchev–Trinajstić information content (AvgIpc) is 3.41. The molecule has 0 fully saturated rings. The number of benzene rings is 2. The summed E-state index contributed by atoms with van der Waals surface area (Å²) >= 11 is 1.53. The number of oxazole rings is 1. The Balaban J connectivity index is 1.52. The Labute approximate surface area is 173 Å². The molecule has 0 saturated heterocycles. The van der Waals surface area contributed by atoms with E-state index in [0.29, 0.717) is 18.2 Å². The molecule has 0 unspecified atom stereocenters. The fourth-order valence-electron chi connectivity index (χ4n) is 2.88. The molecule has 6 nitrogen and oxygen atoms in total. The Morgan fingerprint density at radius 2 is 1.86 bits per heavy atom. The summed E-state index contributed by atoms with van der Waals surface area (Å²) in [5.74, 6) is 3.55. The van der Waals surface area contributed by atoms with Gasteiger partial charge in [0.25, 0.3) is 0 Å². The predicted molar refractivity (Wildman–Crippen MR) is 114 cm³/mol. The number of rotatable bonds is 8. The van der Waals surface area contributed by atoms with E-state index < -0.39 is 0 Å². The van der Waals surface area contributed by atoms with Gasteiger partial charge in [0.15, 0.2) is 16.7 Å². The van der Waals surface area contributed by atoms with Gasteiger partial charge in [0.2, 0.25) is 5.89 Å². The molecular formula is C22H20N4O2S. The summed E-state index contributed by atoms with van der Waals surface area (Å²) in [6, 6.07) is 17.7. The smallest absolute Gasteiger partial charge is 0.205 e. The highest BCUT2D eigenvalue weighted by atomic mass is 32.2. The van der Waals surface area contributed by atoms with Crippen molar-refractivity contribution in [3.8, 4) is 28.5 Å². The molecule has 4 rings (SSSR count). The van der Waals surface area contributed by atoms with E-state index in [4.69, 9.17) is 9.15 Å². The molecule has 0 bridgehead atoms. The van der Waals surface area contributed by atoms with E-state index >= 15 is 0 Å². The third-order valence-electron chi connectivity index (χ3n) is 4.31. The third-order valence-corrected chi connectivity index (χ3v) is 5.26. The summed E-state index contributed by atoms with van der Waals surface area (Å²) in [5.41, 5.74) is 1.97. The van der Waals surface area contributed by atoms with E-state index in [2.05, 4.69) is 21.8 Å². The second-order valence-electron chi connectivity index (χ2n) is 6.21. The minimum Gasteiger partial charge on any atom is -0.497 e. The second-order valence-corrected chi connectivity index (χ2v) is 7.15. The highest BCUT2D eigenvalue weighted by Gasteiger charge is 2.15. The van der Waals surface area contributed by atoms with Crippen molar-refractivity contribution >= 4 is 11.8 Å². The van der Waals surface area contributed by atoms with Gasteiger partial charge in [0, 0.05) is 17.7 Å². The van der Waals surface area contributed by atoms with Crippen LogP contribution in [0.3, 0.4) is 0 Å². The molecule has 0 spiro atoms. The van der Waals surface area contributed by atoms with Crippen molar-refractivity contribution in [1.82, 2.24) is 19.7 Å². The maximum atomic E-state index is 5.88. The lowest BCUT2D eigenvalue weighted by Crippen LogP contribution is -2.00. The summed E-state index contributed by atoms with van der Waals surface area (Å²) < 4.78 is 13.1. The Kier molecular flexibility index (Phi) is 5.76. The van der Waals surface area contributed by atoms with Crippen LogP contribution in [0.5, 0.6) is 5.75 Å². The first-order valence-corrected chi connectivity index (χ1v) is 10.1. The van der Waals surface area contributed by atoms with Gasteiger partial charge in [-0.15, -0.1) is 16.8 Å². The van der Waals surface area contributed by atoms with E-state index in [1.54, 1.807) is 13.3 Å². The Morgan fingerprint density at radius 3 is 2.59 bits per heavy atom. The summed E-state index contributed by atoms with van der Waals surface area (Å²) in [7, 11) is 1.65. The van der Waals surface area contributed by atoms with Crippen molar-refractivity contribution < 1.29 is 9.15 Å². The van der Waals surface area contributed by atoms with Crippen molar-refractivity contribution in [1.29, 1.82) is 0 Å². The number of nitrogens with zero attached hydrogens (tertiary/aromatic N) is 4. The number of hydrogen-bond donors (Lipinski definition) is 0. The van der Waals surface area contributed by atoms with Gasteiger partial charge in [0.05, 0.1) is 19.1 Å². The molecular weight excluding hydrogens is 384 g/mol. The zero-order chi connectivity index (χ0) is 20.1. The number of aromatic nitrogens is 4. The van der Waals surface area contributed by atoms with Crippen molar-refractivity contribution in [3.05, 3.63) is 79.3 Å². The van der Waals surface area contributed by atoms with Crippen LogP contribution in [0.4, 0.5) is 0 Å². The third kappa shape index (κ3) is 4.25. The van der Waals surface area contributed by atoms with Crippen molar-refractivity contribution in [2.75, 3.05) is 7.11 Å². The van der Waals surface area contributed by atoms with Crippen LogP contribution < -0.4 is 4.74 Å². The summed E-state index contributed by atoms with van der Waals surface area (Å²) in [4.78, 5) is 4.39. The monoisotopic (exact) mass is 404 g/mol. The molecule has 0 aliphatic heterocycles. The van der Waals surface area contributed by atoms with Gasteiger partial charge in [-0.3, -0.25) is 4.57 Å². The SMILES string of the molecule is C=CCn1c(SCc2ncc(-c3ccccc3)o2)nnc1-c1ccc(OC)cc1. The molecule has 4 aromatic rings. The van der Waals surface area contributed by atoms with Crippen molar-refractivity contribution in [2.45, 2.75) is 17.5 Å². The fraction of sp³-hybridized carbons (Fsp3) is 0.136. The topological polar surface area (TPSA) is 66.0 Å². The van der Waals surface area contributed by atoms with Gasteiger partial charge >= 0.3 is 0 Å². The molecule has 0 saturated carbocycles. The maximum Gasteiger partial charge on any atom is 0.205 e. The highest BCUT2D eigenvalue weighted by molar-refractivity contribution is 7.98. The molecule has 2 aromatic heterocycles. The summed E-state index contributed by atoms with van der Waals surface area (Å²) in [6.45, 7) is 4.47. The molecule has 2 aromatic carbocycles. The zero-order valence-electron chi connectivity index (χ0n) is 16.0. The maximum absolute atomic E-state index is 5.88. The van der Waals surface area contributed by atoms with Crippen LogP contribution in [-0.4, -0.2) is 26.9 Å². The van der Waals surface area contributed by atoms with Gasteiger partial charge in [-0.05, 0) is 24.3 Å². The van der Waals surface area contributed by atoms with Crippen molar-refractivity contribution in [2.24, 2.45) is 0 Å². The lowest BCUT2D eigenvalue weighted by atomic mass is 10.2. The minimum atomic E-state index is 0.560. The first-order chi connectivity index (χ1) is 14.3. The van der Waals surface area contributed by atoms with Gasteiger partial charge < -0.3 is 9.15 Å². The quantitative estimate of drug-likeness (QED) is 0.301. The van der Waals surface area contributed by atoms with E-state index in [0.717, 1.165) is 33.6 Å². The number of hydrogen-bond acceptors (Lipinski definition) is 6. The molecule has 0 radical (unpaired) electrons. The first kappa shape index (κ1) is 19.0. The molecule has 0 aliphatic rings. The Morgan fingerprint density at radius 1 is 1.07 bits per heavy atom. The Bertz CT molecular complexity index is 1090.